The quantitative estimate of drug-likeness (QED) is 0.300. The Morgan fingerprint density at radius 3 is 2.90 bits per heavy atom. The van der Waals surface area contributed by atoms with Crippen molar-refractivity contribution in [1.29, 1.82) is 0 Å². The summed E-state index contributed by atoms with van der Waals surface area (Å²) in [6, 6.07) is 6.09. The SMILES string of the molecule is CS(=O)(=O)NCCCn1c(Sc2cc3ccoc3cc2N2CC2)nc2c(N)ncnc21. The van der Waals surface area contributed by atoms with E-state index in [9.17, 15) is 8.42 Å². The second-order valence-electron chi connectivity index (χ2n) is 7.36. The van der Waals surface area contributed by atoms with Crippen LogP contribution < -0.4 is 15.4 Å². The lowest BCUT2D eigenvalue weighted by Gasteiger charge is -2.12. The van der Waals surface area contributed by atoms with E-state index in [1.165, 1.54) is 18.1 Å². The zero-order valence-corrected chi connectivity index (χ0v) is 18.4. The van der Waals surface area contributed by atoms with Gasteiger partial charge in [-0.1, -0.05) is 0 Å². The van der Waals surface area contributed by atoms with Crippen molar-refractivity contribution < 1.29 is 12.8 Å². The Kier molecular flexibility index (Phi) is 4.99. The summed E-state index contributed by atoms with van der Waals surface area (Å²) in [5.74, 6) is 0.316. The molecule has 0 saturated carbocycles. The van der Waals surface area contributed by atoms with Crippen molar-refractivity contribution in [2.75, 3.05) is 36.5 Å². The van der Waals surface area contributed by atoms with Gasteiger partial charge >= 0.3 is 0 Å². The minimum atomic E-state index is -3.24. The lowest BCUT2D eigenvalue weighted by molar-refractivity contribution is 0.568. The van der Waals surface area contributed by atoms with Gasteiger partial charge in [-0.15, -0.1) is 0 Å². The predicted octanol–water partition coefficient (Wildman–Crippen LogP) is 2.07. The summed E-state index contributed by atoms with van der Waals surface area (Å²) in [4.78, 5) is 16.5. The van der Waals surface area contributed by atoms with Gasteiger partial charge in [0.05, 0.1) is 18.2 Å². The fraction of sp³-hybridized carbons (Fsp3) is 0.316. The van der Waals surface area contributed by atoms with Crippen LogP contribution in [-0.2, 0) is 16.6 Å². The van der Waals surface area contributed by atoms with Crippen LogP contribution in [-0.4, -0.2) is 53.8 Å². The minimum Gasteiger partial charge on any atom is -0.464 e. The van der Waals surface area contributed by atoms with Crippen molar-refractivity contribution in [3.05, 3.63) is 30.8 Å². The van der Waals surface area contributed by atoms with Crippen LogP contribution >= 0.6 is 11.8 Å². The Morgan fingerprint density at radius 1 is 1.29 bits per heavy atom. The van der Waals surface area contributed by atoms with E-state index in [4.69, 9.17) is 15.1 Å². The van der Waals surface area contributed by atoms with Gasteiger partial charge < -0.3 is 19.6 Å². The van der Waals surface area contributed by atoms with Crippen molar-refractivity contribution in [2.24, 2.45) is 0 Å². The average molecular weight is 460 g/mol. The lowest BCUT2D eigenvalue weighted by Crippen LogP contribution is -2.24. The van der Waals surface area contributed by atoms with Gasteiger partial charge in [-0.2, -0.15) is 0 Å². The number of hydrogen-bond acceptors (Lipinski definition) is 9. The van der Waals surface area contributed by atoms with Crippen molar-refractivity contribution >= 4 is 55.4 Å². The van der Waals surface area contributed by atoms with Crippen LogP contribution in [0.4, 0.5) is 11.5 Å². The van der Waals surface area contributed by atoms with Crippen molar-refractivity contribution in [1.82, 2.24) is 24.2 Å². The van der Waals surface area contributed by atoms with E-state index in [1.54, 1.807) is 6.26 Å². The molecule has 3 aromatic heterocycles. The van der Waals surface area contributed by atoms with Gasteiger partial charge in [-0.25, -0.2) is 28.1 Å². The number of fused-ring (bicyclic) bond motifs is 2. The molecule has 0 unspecified atom stereocenters. The molecule has 1 aromatic carbocycles. The summed E-state index contributed by atoms with van der Waals surface area (Å²) in [5.41, 5.74) is 9.17. The molecule has 162 valence electrons. The van der Waals surface area contributed by atoms with Crippen LogP contribution in [0.15, 0.2) is 45.3 Å². The highest BCUT2D eigenvalue weighted by molar-refractivity contribution is 7.99. The van der Waals surface area contributed by atoms with Crippen LogP contribution in [0.2, 0.25) is 0 Å². The van der Waals surface area contributed by atoms with Gasteiger partial charge in [-0.05, 0) is 30.3 Å². The van der Waals surface area contributed by atoms with Gasteiger partial charge in [0, 0.05) is 42.5 Å². The van der Waals surface area contributed by atoms with Crippen LogP contribution in [0.3, 0.4) is 0 Å². The molecular weight excluding hydrogens is 438 g/mol. The van der Waals surface area contributed by atoms with E-state index in [-0.39, 0.29) is 0 Å². The largest absolute Gasteiger partial charge is 0.464 e. The highest BCUT2D eigenvalue weighted by Gasteiger charge is 2.24. The summed E-state index contributed by atoms with van der Waals surface area (Å²) in [6.07, 6.45) is 4.83. The van der Waals surface area contributed by atoms with E-state index < -0.39 is 10.0 Å². The molecule has 1 saturated heterocycles. The highest BCUT2D eigenvalue weighted by atomic mass is 32.2. The monoisotopic (exact) mass is 459 g/mol. The molecule has 0 amide bonds. The van der Waals surface area contributed by atoms with Crippen molar-refractivity contribution in [3.63, 3.8) is 0 Å². The van der Waals surface area contributed by atoms with Gasteiger partial charge in [0.2, 0.25) is 10.0 Å². The normalized spacial score (nSPS) is 14.0. The van der Waals surface area contributed by atoms with Gasteiger partial charge in [0.15, 0.2) is 22.1 Å². The number of nitrogens with one attached hydrogen (secondary N) is 1. The number of furan rings is 1. The third kappa shape index (κ3) is 4.18. The molecule has 1 fully saturated rings. The van der Waals surface area contributed by atoms with E-state index in [0.29, 0.717) is 36.5 Å². The summed E-state index contributed by atoms with van der Waals surface area (Å²) < 4.78 is 32.8. The second kappa shape index (κ2) is 7.70. The number of sulfonamides is 1. The molecule has 1 aliphatic rings. The molecule has 0 atom stereocenters. The number of anilines is 2. The van der Waals surface area contributed by atoms with Gasteiger partial charge in [0.1, 0.15) is 11.9 Å². The summed E-state index contributed by atoms with van der Waals surface area (Å²) >= 11 is 1.53. The first-order valence-corrected chi connectivity index (χ1v) is 12.5. The van der Waals surface area contributed by atoms with Crippen molar-refractivity contribution in [3.8, 4) is 0 Å². The van der Waals surface area contributed by atoms with E-state index in [0.717, 1.165) is 46.1 Å². The highest BCUT2D eigenvalue weighted by Crippen LogP contribution is 2.41. The first kappa shape index (κ1) is 20.1. The molecule has 4 aromatic rings. The van der Waals surface area contributed by atoms with Crippen LogP contribution in [0.25, 0.3) is 22.1 Å². The maximum Gasteiger partial charge on any atom is 0.208 e. The Bertz CT molecular complexity index is 1380. The number of rotatable bonds is 8. The number of benzene rings is 1. The van der Waals surface area contributed by atoms with Crippen LogP contribution in [0.1, 0.15) is 6.42 Å². The third-order valence-corrected chi connectivity index (χ3v) is 6.74. The fourth-order valence-electron chi connectivity index (χ4n) is 3.40. The first-order chi connectivity index (χ1) is 14.9. The Morgan fingerprint density at radius 2 is 2.13 bits per heavy atom. The molecule has 1 aliphatic heterocycles. The molecule has 31 heavy (non-hydrogen) atoms. The fourth-order valence-corrected chi connectivity index (χ4v) is 5.02. The average Bonchev–Trinajstić information content (AvgIpc) is 3.35. The zero-order chi connectivity index (χ0) is 21.6. The zero-order valence-electron chi connectivity index (χ0n) is 16.8. The smallest absolute Gasteiger partial charge is 0.208 e. The molecule has 0 spiro atoms. The Labute approximate surface area is 182 Å². The molecule has 3 N–H and O–H groups in total. The maximum absolute atomic E-state index is 11.4. The molecule has 0 bridgehead atoms. The summed E-state index contributed by atoms with van der Waals surface area (Å²) in [6.45, 7) is 2.87. The molecule has 12 heteroatoms. The molecule has 5 rings (SSSR count). The number of nitrogens with two attached hydrogens (primary N) is 1. The predicted molar refractivity (Wildman–Crippen MR) is 120 cm³/mol. The Balaban J connectivity index is 1.51. The maximum atomic E-state index is 11.4. The third-order valence-electron chi connectivity index (χ3n) is 4.97. The summed E-state index contributed by atoms with van der Waals surface area (Å²) in [7, 11) is -3.24. The molecule has 10 nitrogen and oxygen atoms in total. The second-order valence-corrected chi connectivity index (χ2v) is 10.2. The van der Waals surface area contributed by atoms with Crippen molar-refractivity contribution in [2.45, 2.75) is 23.0 Å². The summed E-state index contributed by atoms with van der Waals surface area (Å²) in [5, 5.41) is 1.75. The van der Waals surface area contributed by atoms with E-state index in [1.807, 2.05) is 10.6 Å². The first-order valence-electron chi connectivity index (χ1n) is 9.74. The molecular formula is C19H21N7O3S2. The van der Waals surface area contributed by atoms with Crippen LogP contribution in [0.5, 0.6) is 0 Å². The van der Waals surface area contributed by atoms with Gasteiger partial charge in [0.25, 0.3) is 0 Å². The molecule has 0 radical (unpaired) electrons. The topological polar surface area (TPSA) is 132 Å². The molecule has 4 heterocycles. The number of imidazole rings is 1. The van der Waals surface area contributed by atoms with E-state index in [2.05, 4.69) is 31.7 Å². The number of aryl methyl sites for hydroxylation is 1. The molecule has 0 aliphatic carbocycles. The minimum absolute atomic E-state index is 0.316. The number of hydrogen-bond donors (Lipinski definition) is 2. The van der Waals surface area contributed by atoms with E-state index >= 15 is 0 Å². The van der Waals surface area contributed by atoms with Crippen LogP contribution in [0, 0.1) is 0 Å². The van der Waals surface area contributed by atoms with Gasteiger partial charge in [-0.3, -0.25) is 0 Å². The lowest BCUT2D eigenvalue weighted by atomic mass is 10.2. The Hall–Kier alpha value is -2.83. The number of aromatic nitrogens is 4. The number of nitrogen functional groups attached to an aromatic ring is 1. The number of nitrogens with zero attached hydrogens (tertiary/aromatic N) is 5. The standard InChI is InChI=1S/C19H21N7O3S2/c1-31(27,28)23-4-2-5-26-18-16(17(20)21-11-22-18)24-19(26)30-15-9-12-3-8-29-14(12)10-13(15)25-6-7-25/h3,8-11,23H,2,4-7H2,1H3,(H2,20,21,22).